The predicted molar refractivity (Wildman–Crippen MR) is 221 cm³/mol. The van der Waals surface area contributed by atoms with Gasteiger partial charge in [0.2, 0.25) is 0 Å². The van der Waals surface area contributed by atoms with Crippen molar-refractivity contribution in [3.05, 3.63) is 76.9 Å². The number of fused-ring (bicyclic) bond motifs is 8. The lowest BCUT2D eigenvalue weighted by Crippen LogP contribution is -2.79. The Morgan fingerprint density at radius 2 is 1.75 bits per heavy atom. The molecule has 0 spiro atoms. The number of ether oxygens (including phenoxy) is 7. The van der Waals surface area contributed by atoms with Crippen molar-refractivity contribution in [2.24, 2.45) is 16.7 Å². The second-order valence-electron chi connectivity index (χ2n) is 19.6. The Morgan fingerprint density at radius 3 is 2.35 bits per heavy atom. The molecule has 4 fully saturated rings. The first-order chi connectivity index (χ1) is 29.4. The van der Waals surface area contributed by atoms with E-state index in [1.54, 1.807) is 71.9 Å². The minimum absolute atomic E-state index is 0.0603. The van der Waals surface area contributed by atoms with Crippen LogP contribution in [0.5, 0.6) is 0 Å². The number of aliphatic hydroxyl groups is 2. The fourth-order valence-electron chi connectivity index (χ4n) is 10.8. The smallest absolute Gasteiger partial charge is 0.408 e. The van der Waals surface area contributed by atoms with Gasteiger partial charge in [0.25, 0.3) is 0 Å². The van der Waals surface area contributed by atoms with Gasteiger partial charge in [0, 0.05) is 36.9 Å². The number of amides is 1. The molecular formula is C46H60FN3O13. The van der Waals surface area contributed by atoms with Crippen LogP contribution in [-0.4, -0.2) is 131 Å². The van der Waals surface area contributed by atoms with Crippen LogP contribution < -0.4 is 5.32 Å². The number of halogens is 1. The third-order valence-electron chi connectivity index (χ3n) is 13.6. The predicted octanol–water partition coefficient (Wildman–Crippen LogP) is 4.56. The number of likely N-dealkylation sites (N-methyl/N-ethyl adjacent to an activating group) is 1. The van der Waals surface area contributed by atoms with Gasteiger partial charge < -0.3 is 53.6 Å². The second-order valence-corrected chi connectivity index (χ2v) is 19.6. The van der Waals surface area contributed by atoms with Gasteiger partial charge in [-0.3, -0.25) is 9.78 Å². The van der Waals surface area contributed by atoms with Crippen molar-refractivity contribution in [3.8, 4) is 0 Å². The molecule has 63 heavy (non-hydrogen) atoms. The number of carbonyl (C=O) groups is 4. The molecule has 2 saturated carbocycles. The number of hydrogen-bond acceptors (Lipinski definition) is 15. The zero-order valence-corrected chi connectivity index (χ0v) is 37.5. The Hall–Kier alpha value is -4.52. The molecule has 1 amide bonds. The summed E-state index contributed by atoms with van der Waals surface area (Å²) in [5.41, 5.74) is -6.14. The van der Waals surface area contributed by atoms with E-state index in [2.05, 4.69) is 10.3 Å². The van der Waals surface area contributed by atoms with Crippen LogP contribution in [0.2, 0.25) is 0 Å². The monoisotopic (exact) mass is 881 g/mol. The van der Waals surface area contributed by atoms with Crippen LogP contribution in [0.25, 0.3) is 0 Å². The van der Waals surface area contributed by atoms with Crippen molar-refractivity contribution in [2.45, 2.75) is 140 Å². The molecule has 2 aromatic rings. The van der Waals surface area contributed by atoms with Crippen LogP contribution >= 0.6 is 0 Å². The van der Waals surface area contributed by atoms with E-state index in [4.69, 9.17) is 33.2 Å². The van der Waals surface area contributed by atoms with Gasteiger partial charge in [0.15, 0.2) is 18.0 Å². The van der Waals surface area contributed by atoms with E-state index < -0.39 is 124 Å². The van der Waals surface area contributed by atoms with Crippen molar-refractivity contribution in [2.75, 3.05) is 27.2 Å². The molecule has 2 saturated heterocycles. The summed E-state index contributed by atoms with van der Waals surface area (Å²) in [6.45, 7) is 13.7. The number of benzene rings is 1. The first-order valence-electron chi connectivity index (χ1n) is 21.4. The summed E-state index contributed by atoms with van der Waals surface area (Å²) in [5, 5.41) is 28.0. The largest absolute Gasteiger partial charge is 0.456 e. The van der Waals surface area contributed by atoms with Crippen molar-refractivity contribution in [1.29, 1.82) is 0 Å². The standard InChI is InChI=1S/C46H60FN3O13/c1-24-28(58-40(54)34(52)33(32-27(47)17-14-20-48-32)49-41(55)63-42(3,4)5)21-46(56)38(61-39(53)26-15-12-11-13-16-26)36-44(8,19-18-29-45(36,23-57-29)62-25(2)51)37-35(31(24)43(46,6)7)59-30(60-37)22-50(9)10/h11-17,20,28-30,33-38,52,56H,18-19,21-23H2,1-10H3,(H,49,55)/t28-,29?,30+,33-,34+,35-,36-,37+,38-,44+,45-,46+/m0/s1. The second kappa shape index (κ2) is 16.8. The van der Waals surface area contributed by atoms with Crippen molar-refractivity contribution in [3.63, 3.8) is 0 Å². The summed E-state index contributed by atoms with van der Waals surface area (Å²) >= 11 is 0. The molecule has 1 aromatic carbocycles. The van der Waals surface area contributed by atoms with Gasteiger partial charge in [-0.1, -0.05) is 39.0 Å². The van der Waals surface area contributed by atoms with E-state index in [9.17, 15) is 29.4 Å². The summed E-state index contributed by atoms with van der Waals surface area (Å²) < 4.78 is 59.7. The molecule has 1 aromatic heterocycles. The van der Waals surface area contributed by atoms with Gasteiger partial charge in [-0.25, -0.2) is 18.8 Å². The summed E-state index contributed by atoms with van der Waals surface area (Å²) in [6.07, 6.45) is -7.45. The SMILES string of the molecule is CC(=O)O[C@@]12COC1CC[C@@]1(C)[C@@H]3O[C@H](CN(C)C)O[C@H]3C3=C(C)[C@@H](OC(=O)[C@H](O)[C@@H](NC(=O)OC(C)(C)C)c4ncccc4F)C[C@@](O)([C@@H](OC(=O)c4ccccc4)[C@@H]12)C3(C)C. The van der Waals surface area contributed by atoms with E-state index in [0.29, 0.717) is 30.5 Å². The number of aromatic nitrogens is 1. The number of carbonyl (C=O) groups excluding carboxylic acids is 4. The van der Waals surface area contributed by atoms with Gasteiger partial charge in [-0.05, 0) is 90.0 Å². The molecule has 0 radical (unpaired) electrons. The molecule has 1 unspecified atom stereocenters. The highest BCUT2D eigenvalue weighted by molar-refractivity contribution is 5.89. The third kappa shape index (κ3) is 8.25. The van der Waals surface area contributed by atoms with E-state index >= 15 is 4.39 Å². The van der Waals surface area contributed by atoms with Crippen molar-refractivity contribution < 1.29 is 66.9 Å². The maximum atomic E-state index is 15.3. The Morgan fingerprint density at radius 1 is 1.05 bits per heavy atom. The van der Waals surface area contributed by atoms with Gasteiger partial charge in [0.05, 0.1) is 24.2 Å². The van der Waals surface area contributed by atoms with Crippen LogP contribution in [0.4, 0.5) is 9.18 Å². The Balaban J connectivity index is 1.38. The molecular weight excluding hydrogens is 822 g/mol. The minimum atomic E-state index is -2.24. The number of hydrogen-bond donors (Lipinski definition) is 3. The molecule has 16 nitrogen and oxygen atoms in total. The number of pyridine rings is 1. The number of rotatable bonds is 10. The third-order valence-corrected chi connectivity index (χ3v) is 13.6. The summed E-state index contributed by atoms with van der Waals surface area (Å²) in [5.74, 6) is -4.55. The number of aliphatic hydroxyl groups excluding tert-OH is 1. The molecule has 3 N–H and O–H groups in total. The lowest BCUT2D eigenvalue weighted by Gasteiger charge is -2.68. The Bertz CT molecular complexity index is 2130. The highest BCUT2D eigenvalue weighted by atomic mass is 19.1. The Labute approximate surface area is 366 Å². The maximum Gasteiger partial charge on any atom is 0.408 e. The number of nitrogens with zero attached hydrogens (tertiary/aromatic N) is 2. The average molecular weight is 882 g/mol. The summed E-state index contributed by atoms with van der Waals surface area (Å²) in [6, 6.07) is 8.88. The molecule has 7 rings (SSSR count). The van der Waals surface area contributed by atoms with Crippen LogP contribution in [0, 0.1) is 22.6 Å². The van der Waals surface area contributed by atoms with Crippen LogP contribution in [0.15, 0.2) is 59.8 Å². The molecule has 12 atom stereocenters. The molecule has 2 bridgehead atoms. The van der Waals surface area contributed by atoms with Crippen molar-refractivity contribution >= 4 is 24.0 Å². The maximum absolute atomic E-state index is 15.3. The highest BCUT2D eigenvalue weighted by Gasteiger charge is 2.77. The first-order valence-corrected chi connectivity index (χ1v) is 21.4. The summed E-state index contributed by atoms with van der Waals surface area (Å²) in [7, 11) is 3.75. The number of alkyl carbamates (subject to hydrolysis) is 1. The van der Waals surface area contributed by atoms with Crippen LogP contribution in [-0.2, 0) is 42.7 Å². The van der Waals surface area contributed by atoms with E-state index in [1.807, 2.05) is 25.9 Å². The molecule has 5 aliphatic rings. The molecule has 2 aliphatic heterocycles. The summed E-state index contributed by atoms with van der Waals surface area (Å²) in [4.78, 5) is 60.9. The van der Waals surface area contributed by atoms with Crippen LogP contribution in [0.3, 0.4) is 0 Å². The van der Waals surface area contributed by atoms with Gasteiger partial charge >= 0.3 is 24.0 Å². The van der Waals surface area contributed by atoms with Gasteiger partial charge in [-0.15, -0.1) is 0 Å². The average Bonchev–Trinajstić information content (AvgIpc) is 3.59. The molecule has 17 heteroatoms. The van der Waals surface area contributed by atoms with Gasteiger partial charge in [-0.2, -0.15) is 0 Å². The fraction of sp³-hybridized carbons (Fsp3) is 0.630. The first kappa shape index (κ1) is 46.5. The molecule has 3 heterocycles. The Kier molecular flexibility index (Phi) is 12.4. The number of nitrogens with one attached hydrogen (secondary N) is 1. The van der Waals surface area contributed by atoms with E-state index in [-0.39, 0.29) is 12.2 Å². The zero-order chi connectivity index (χ0) is 46.0. The lowest BCUT2D eigenvalue weighted by atomic mass is 9.45. The normalized spacial score (nSPS) is 34.1. The van der Waals surface area contributed by atoms with Crippen molar-refractivity contribution in [1.82, 2.24) is 15.2 Å². The minimum Gasteiger partial charge on any atom is -0.456 e. The zero-order valence-electron chi connectivity index (χ0n) is 37.5. The van der Waals surface area contributed by atoms with E-state index in [1.165, 1.54) is 19.2 Å². The van der Waals surface area contributed by atoms with Gasteiger partial charge in [0.1, 0.15) is 53.2 Å². The number of esters is 3. The topological polar surface area (TPSA) is 202 Å². The fourth-order valence-corrected chi connectivity index (χ4v) is 10.8. The quantitative estimate of drug-likeness (QED) is 0.170. The lowest BCUT2D eigenvalue weighted by molar-refractivity contribution is -0.345. The van der Waals surface area contributed by atoms with E-state index in [0.717, 1.165) is 6.07 Å². The molecule has 344 valence electrons. The highest BCUT2D eigenvalue weighted by Crippen LogP contribution is 2.66. The molecule has 3 aliphatic carbocycles. The van der Waals surface area contributed by atoms with Crippen LogP contribution in [0.1, 0.15) is 96.7 Å².